The van der Waals surface area contributed by atoms with Crippen LogP contribution >= 0.6 is 0 Å². The molecule has 0 saturated carbocycles. The van der Waals surface area contributed by atoms with Crippen LogP contribution in [0, 0.1) is 0 Å². The van der Waals surface area contributed by atoms with E-state index >= 15 is 0 Å². The average Bonchev–Trinajstić information content (AvgIpc) is 3.68. The van der Waals surface area contributed by atoms with Crippen LogP contribution in [-0.2, 0) is 10.8 Å². The van der Waals surface area contributed by atoms with Gasteiger partial charge in [-0.3, -0.25) is 9.55 Å². The first-order valence-electron chi connectivity index (χ1n) is 18.8. The molecule has 6 heteroatoms. The molecule has 4 aromatic carbocycles. The number of pyridine rings is 2. The normalized spacial score (nSPS) is 14.4. The lowest BCUT2D eigenvalue weighted by Gasteiger charge is -2.20. The van der Waals surface area contributed by atoms with Crippen LogP contribution in [0.5, 0.6) is 11.5 Å². The molecule has 0 atom stereocenters. The molecular weight excluding hydrogens is 603 g/mol. The second-order valence-corrected chi connectivity index (χ2v) is 14.3. The molecule has 0 amide bonds. The fourth-order valence-electron chi connectivity index (χ4n) is 6.23. The molecule has 1 aliphatic rings. The van der Waals surface area contributed by atoms with Gasteiger partial charge >= 0.3 is 6.01 Å². The first-order chi connectivity index (χ1) is 25.6. The number of fused-ring (bicyclic) bond motifs is 4. The molecular formula is C43H39N5O+2. The largest absolute Gasteiger partial charge is 0.503 e. The third kappa shape index (κ3) is 5.50. The number of nitrogens with zero attached hydrogens (tertiary/aromatic N) is 5. The van der Waals surface area contributed by atoms with E-state index in [9.17, 15) is 0 Å². The van der Waals surface area contributed by atoms with E-state index in [-0.39, 0.29) is 28.6 Å². The highest BCUT2D eigenvalue weighted by Crippen LogP contribution is 2.40. The Hall–Kier alpha value is -5.84. The molecule has 8 rings (SSSR count). The monoisotopic (exact) mass is 646 g/mol. The number of benzene rings is 4. The van der Waals surface area contributed by atoms with Gasteiger partial charge in [-0.2, -0.15) is 0 Å². The number of hydrogen-bond acceptors (Lipinski definition) is 3. The highest BCUT2D eigenvalue weighted by Gasteiger charge is 2.36. The minimum Gasteiger partial charge on any atom is -0.455 e. The molecule has 0 N–H and O–H groups in total. The molecule has 0 saturated heterocycles. The molecule has 0 unspecified atom stereocenters. The molecule has 240 valence electrons. The quantitative estimate of drug-likeness (QED) is 0.175. The lowest BCUT2D eigenvalue weighted by molar-refractivity contribution is 0.477. The Kier molecular flexibility index (Phi) is 5.87. The fraction of sp³-hybridized carbons (Fsp3) is 0.186. The van der Waals surface area contributed by atoms with E-state index in [1.807, 2.05) is 65.4 Å². The molecule has 1 aliphatic heterocycles. The molecule has 6 nitrogen and oxygen atoms in total. The molecule has 7 aromatic rings. The smallest absolute Gasteiger partial charge is 0.455 e. The third-order valence-electron chi connectivity index (χ3n) is 8.85. The van der Waals surface area contributed by atoms with Crippen molar-refractivity contribution in [3.63, 3.8) is 0 Å². The number of aromatic nitrogens is 3. The highest BCUT2D eigenvalue weighted by molar-refractivity contribution is 6.07. The van der Waals surface area contributed by atoms with Gasteiger partial charge in [0.1, 0.15) is 17.3 Å². The van der Waals surface area contributed by atoms with Gasteiger partial charge in [0, 0.05) is 47.9 Å². The lowest BCUT2D eigenvalue weighted by Crippen LogP contribution is -2.12. The van der Waals surface area contributed by atoms with Crippen molar-refractivity contribution in [3.8, 4) is 17.3 Å². The van der Waals surface area contributed by atoms with Gasteiger partial charge in [0.05, 0.1) is 35.7 Å². The van der Waals surface area contributed by atoms with E-state index in [1.54, 1.807) is 10.8 Å². The summed E-state index contributed by atoms with van der Waals surface area (Å²) in [6, 6.07) is 29.3. The zero-order valence-electron chi connectivity index (χ0n) is 33.4. The van der Waals surface area contributed by atoms with Gasteiger partial charge in [0.25, 0.3) is 11.4 Å². The maximum Gasteiger partial charge on any atom is 0.503 e. The summed E-state index contributed by atoms with van der Waals surface area (Å²) in [4.78, 5) is 9.72. The van der Waals surface area contributed by atoms with E-state index < -0.39 is 18.1 Å². The van der Waals surface area contributed by atoms with E-state index in [4.69, 9.17) is 21.6 Å². The minimum absolute atomic E-state index is 0.0247. The van der Waals surface area contributed by atoms with Crippen molar-refractivity contribution in [2.75, 3.05) is 0 Å². The van der Waals surface area contributed by atoms with Crippen molar-refractivity contribution in [3.05, 3.63) is 139 Å². The van der Waals surface area contributed by atoms with Crippen molar-refractivity contribution >= 4 is 50.7 Å². The standard InChI is InChI=1S/C43H39N5O/c1-42(2,3)29-20-21-44-40(24-29)48-36-17-11-10-16-35(36)41-39(48)26-34(27-45-41)49-33-23-30(43(4,5)6)22-32(25-33)47-28-46(31-14-8-7-9-15-31)37-18-12-13-19-38(37)47/h7-27H,1-6H3/q+2/i7D,8D,9D,14D,15D. The molecule has 3 aromatic heterocycles. The molecule has 0 bridgehead atoms. The Morgan fingerprint density at radius 2 is 1.37 bits per heavy atom. The van der Waals surface area contributed by atoms with Gasteiger partial charge in [0.2, 0.25) is 11.4 Å². The maximum absolute atomic E-state index is 8.68. The van der Waals surface area contributed by atoms with Crippen LogP contribution in [0.25, 0.3) is 27.8 Å². The van der Waals surface area contributed by atoms with E-state index in [1.165, 1.54) is 5.56 Å². The van der Waals surface area contributed by atoms with Gasteiger partial charge in [-0.1, -0.05) is 90.0 Å². The number of para-hydroxylation sites is 4. The number of hydrogen-bond donors (Lipinski definition) is 0. The van der Waals surface area contributed by atoms with Crippen LogP contribution in [0.2, 0.25) is 0 Å². The summed E-state index contributed by atoms with van der Waals surface area (Å²) in [6.07, 6.45) is 3.60. The van der Waals surface area contributed by atoms with Gasteiger partial charge in [-0.15, -0.1) is 0 Å². The molecule has 4 heterocycles. The van der Waals surface area contributed by atoms with Crippen LogP contribution in [0.4, 0.5) is 22.7 Å². The second-order valence-electron chi connectivity index (χ2n) is 14.3. The van der Waals surface area contributed by atoms with E-state index in [0.29, 0.717) is 17.2 Å². The summed E-state index contributed by atoms with van der Waals surface area (Å²) < 4.78 is 54.3. The van der Waals surface area contributed by atoms with Gasteiger partial charge in [-0.05, 0) is 55.4 Å². The van der Waals surface area contributed by atoms with Crippen LogP contribution in [-0.4, -0.2) is 20.5 Å². The summed E-state index contributed by atoms with van der Waals surface area (Å²) in [5, 5.41) is 1.02. The van der Waals surface area contributed by atoms with Crippen LogP contribution in [0.15, 0.2) is 128 Å². The Morgan fingerprint density at radius 1 is 0.673 bits per heavy atom. The molecule has 49 heavy (non-hydrogen) atoms. The van der Waals surface area contributed by atoms with E-state index in [0.717, 1.165) is 44.7 Å². The minimum atomic E-state index is -0.444. The summed E-state index contributed by atoms with van der Waals surface area (Å²) >= 11 is 0. The predicted octanol–water partition coefficient (Wildman–Crippen LogP) is 10.8. The first-order valence-corrected chi connectivity index (χ1v) is 16.3. The highest BCUT2D eigenvalue weighted by atomic mass is 16.5. The summed E-state index contributed by atoms with van der Waals surface area (Å²) in [6.45, 7) is 13.0. The number of ether oxygens (including phenoxy) is 1. The van der Waals surface area contributed by atoms with Crippen molar-refractivity contribution in [2.45, 2.75) is 52.4 Å². The van der Waals surface area contributed by atoms with E-state index in [2.05, 4.69) is 82.4 Å². The average molecular weight is 647 g/mol. The van der Waals surface area contributed by atoms with Gasteiger partial charge < -0.3 is 4.74 Å². The molecule has 0 radical (unpaired) electrons. The third-order valence-corrected chi connectivity index (χ3v) is 8.85. The summed E-state index contributed by atoms with van der Waals surface area (Å²) in [5.41, 5.74) is 6.67. The van der Waals surface area contributed by atoms with Gasteiger partial charge in [0.15, 0.2) is 0 Å². The number of rotatable bonds is 5. The Bertz CT molecular complexity index is 2740. The molecule has 0 aliphatic carbocycles. The van der Waals surface area contributed by atoms with Crippen molar-refractivity contribution < 1.29 is 11.6 Å². The van der Waals surface area contributed by atoms with Crippen molar-refractivity contribution in [1.82, 2.24) is 23.7 Å². The first kappa shape index (κ1) is 25.2. The Balaban J connectivity index is 1.29. The molecule has 0 spiro atoms. The topological polar surface area (TPSA) is 46.0 Å². The zero-order valence-corrected chi connectivity index (χ0v) is 28.4. The van der Waals surface area contributed by atoms with Crippen molar-refractivity contribution in [1.29, 1.82) is 0 Å². The van der Waals surface area contributed by atoms with Crippen LogP contribution in [0.3, 0.4) is 0 Å². The SMILES string of the molecule is [2H]c1c([2H])c([2H])c([N+]2=C=[N+](c3cc(Oc4cnc5c6ccccc6n(-c6cc(C(C)(C)C)ccn6)c5c4)cc(C(C)(C)C)c3)c3ccccc32)c([2H])c1[2H]. The summed E-state index contributed by atoms with van der Waals surface area (Å²) in [5.74, 6) is 1.92. The summed E-state index contributed by atoms with van der Waals surface area (Å²) in [7, 11) is 0. The second kappa shape index (κ2) is 11.4. The maximum atomic E-state index is 8.68. The lowest BCUT2D eigenvalue weighted by atomic mass is 9.86. The fourth-order valence-corrected chi connectivity index (χ4v) is 6.23. The Labute approximate surface area is 294 Å². The van der Waals surface area contributed by atoms with Crippen LogP contribution < -0.4 is 13.9 Å². The Morgan fingerprint density at radius 3 is 2.10 bits per heavy atom. The van der Waals surface area contributed by atoms with Crippen LogP contribution in [0.1, 0.15) is 59.5 Å². The zero-order chi connectivity index (χ0) is 38.3. The van der Waals surface area contributed by atoms with Crippen molar-refractivity contribution in [2.24, 2.45) is 0 Å². The molecule has 0 fully saturated rings. The predicted molar refractivity (Wildman–Crippen MR) is 201 cm³/mol. The van der Waals surface area contributed by atoms with Gasteiger partial charge in [-0.25, -0.2) is 4.98 Å².